The summed E-state index contributed by atoms with van der Waals surface area (Å²) in [5.74, 6) is 1.32. The molecule has 1 aromatic heterocycles. The van der Waals surface area contributed by atoms with Gasteiger partial charge < -0.3 is 10.6 Å². The van der Waals surface area contributed by atoms with E-state index in [0.29, 0.717) is 16.1 Å². The summed E-state index contributed by atoms with van der Waals surface area (Å²) in [7, 11) is -3.01. The van der Waals surface area contributed by atoms with Crippen LogP contribution in [-0.2, 0) is 9.84 Å². The van der Waals surface area contributed by atoms with Crippen LogP contribution < -0.4 is 10.6 Å². The largest absolute Gasteiger partial charge is 0.369 e. The second kappa shape index (κ2) is 6.33. The molecule has 1 atom stereocenters. The number of nitrogens with zero attached hydrogens (tertiary/aromatic N) is 2. The first-order valence-electron chi connectivity index (χ1n) is 5.52. The first-order chi connectivity index (χ1) is 8.33. The monoisotopic (exact) mass is 336 g/mol. The van der Waals surface area contributed by atoms with Crippen molar-refractivity contribution in [2.75, 3.05) is 29.2 Å². The fourth-order valence-corrected chi connectivity index (χ4v) is 2.94. The zero-order valence-corrected chi connectivity index (χ0v) is 13.0. The van der Waals surface area contributed by atoms with Gasteiger partial charge in [0.1, 0.15) is 32.3 Å². The van der Waals surface area contributed by atoms with Crippen LogP contribution in [0.1, 0.15) is 13.8 Å². The Bertz CT molecular complexity index is 507. The Morgan fingerprint density at radius 2 is 2.00 bits per heavy atom. The van der Waals surface area contributed by atoms with E-state index < -0.39 is 9.84 Å². The minimum Gasteiger partial charge on any atom is -0.369 e. The topological polar surface area (TPSA) is 84.0 Å². The zero-order valence-electron chi connectivity index (χ0n) is 10.6. The predicted molar refractivity (Wildman–Crippen MR) is 76.7 cm³/mol. The molecule has 2 N–H and O–H groups in total. The maximum Gasteiger partial charge on any atom is 0.149 e. The average Bonchev–Trinajstić information content (AvgIpc) is 2.21. The lowest BCUT2D eigenvalue weighted by atomic mass is 10.4. The van der Waals surface area contributed by atoms with E-state index in [-0.39, 0.29) is 11.8 Å². The van der Waals surface area contributed by atoms with E-state index in [1.807, 2.05) is 6.92 Å². The van der Waals surface area contributed by atoms with Crippen molar-refractivity contribution in [1.29, 1.82) is 0 Å². The van der Waals surface area contributed by atoms with Crippen LogP contribution in [0, 0.1) is 0 Å². The van der Waals surface area contributed by atoms with Crippen molar-refractivity contribution in [1.82, 2.24) is 9.97 Å². The summed E-state index contributed by atoms with van der Waals surface area (Å²) in [6.07, 6.45) is 2.64. The number of halogens is 1. The van der Waals surface area contributed by atoms with Crippen LogP contribution in [0.5, 0.6) is 0 Å². The van der Waals surface area contributed by atoms with Crippen LogP contribution in [0.4, 0.5) is 11.6 Å². The number of aromatic nitrogens is 2. The van der Waals surface area contributed by atoms with E-state index in [1.165, 1.54) is 12.6 Å². The van der Waals surface area contributed by atoms with Gasteiger partial charge in [-0.25, -0.2) is 18.4 Å². The van der Waals surface area contributed by atoms with Crippen molar-refractivity contribution in [2.24, 2.45) is 0 Å². The van der Waals surface area contributed by atoms with Gasteiger partial charge in [0, 0.05) is 18.8 Å². The molecule has 0 radical (unpaired) electrons. The number of rotatable bonds is 6. The quantitative estimate of drug-likeness (QED) is 0.819. The molecule has 0 spiro atoms. The summed E-state index contributed by atoms with van der Waals surface area (Å²) >= 11 is 3.39. The molecule has 0 fully saturated rings. The molecule has 1 aromatic rings. The lowest BCUT2D eigenvalue weighted by Crippen LogP contribution is -2.25. The van der Waals surface area contributed by atoms with Gasteiger partial charge >= 0.3 is 0 Å². The Morgan fingerprint density at radius 1 is 1.39 bits per heavy atom. The lowest BCUT2D eigenvalue weighted by molar-refractivity contribution is 0.598. The molecule has 0 aliphatic rings. The third-order valence-corrected chi connectivity index (χ3v) is 3.93. The van der Waals surface area contributed by atoms with Crippen molar-refractivity contribution in [2.45, 2.75) is 19.9 Å². The molecule has 0 aliphatic heterocycles. The Kier molecular flexibility index (Phi) is 5.33. The van der Waals surface area contributed by atoms with Crippen LogP contribution >= 0.6 is 15.9 Å². The highest BCUT2D eigenvalue weighted by molar-refractivity contribution is 9.10. The minimum atomic E-state index is -3.01. The van der Waals surface area contributed by atoms with Gasteiger partial charge in [-0.15, -0.1) is 0 Å². The standard InChI is InChI=1S/C10H17BrN4O2S/c1-4-12-9-8(11)10(14-6-13-9)15-7(2)5-18(3,16)17/h6-7H,4-5H2,1-3H3,(H2,12,13,14,15). The van der Waals surface area contributed by atoms with Gasteiger partial charge in [0.25, 0.3) is 0 Å². The molecule has 6 nitrogen and oxygen atoms in total. The maximum absolute atomic E-state index is 11.2. The molecule has 8 heteroatoms. The molecule has 102 valence electrons. The van der Waals surface area contributed by atoms with Gasteiger partial charge in [0.05, 0.1) is 5.75 Å². The smallest absolute Gasteiger partial charge is 0.149 e. The first-order valence-corrected chi connectivity index (χ1v) is 8.37. The van der Waals surface area contributed by atoms with Crippen LogP contribution in [0.15, 0.2) is 10.8 Å². The normalized spacial score (nSPS) is 13.1. The second-order valence-corrected chi connectivity index (χ2v) is 7.03. The van der Waals surface area contributed by atoms with E-state index in [4.69, 9.17) is 0 Å². The van der Waals surface area contributed by atoms with Gasteiger partial charge in [-0.05, 0) is 29.8 Å². The molecule has 0 aromatic carbocycles. The molecule has 18 heavy (non-hydrogen) atoms. The Morgan fingerprint density at radius 3 is 2.56 bits per heavy atom. The SMILES string of the molecule is CCNc1ncnc(NC(C)CS(C)(=O)=O)c1Br. The van der Waals surface area contributed by atoms with E-state index >= 15 is 0 Å². The van der Waals surface area contributed by atoms with Crippen LogP contribution in [0.25, 0.3) is 0 Å². The second-order valence-electron chi connectivity index (χ2n) is 4.05. The predicted octanol–water partition coefficient (Wildman–Crippen LogP) is 1.52. The number of hydrogen-bond donors (Lipinski definition) is 2. The fraction of sp³-hybridized carbons (Fsp3) is 0.600. The van der Waals surface area contributed by atoms with Crippen LogP contribution in [0.3, 0.4) is 0 Å². The highest BCUT2D eigenvalue weighted by Crippen LogP contribution is 2.26. The van der Waals surface area contributed by atoms with E-state index in [2.05, 4.69) is 36.5 Å². The van der Waals surface area contributed by atoms with E-state index in [1.54, 1.807) is 6.92 Å². The summed E-state index contributed by atoms with van der Waals surface area (Å²) in [6, 6.07) is -0.222. The first kappa shape index (κ1) is 15.2. The third-order valence-electron chi connectivity index (χ3n) is 2.07. The van der Waals surface area contributed by atoms with Gasteiger partial charge in [-0.3, -0.25) is 0 Å². The lowest BCUT2D eigenvalue weighted by Gasteiger charge is -2.15. The summed E-state index contributed by atoms with van der Waals surface area (Å²) in [5, 5.41) is 6.13. The highest BCUT2D eigenvalue weighted by Gasteiger charge is 2.14. The Balaban J connectivity index is 2.81. The number of sulfone groups is 1. The molecule has 0 saturated carbocycles. The fourth-order valence-electron chi connectivity index (χ4n) is 1.49. The summed E-state index contributed by atoms with van der Waals surface area (Å²) in [5.41, 5.74) is 0. The third kappa shape index (κ3) is 4.77. The Hall–Kier alpha value is -0.890. The van der Waals surface area contributed by atoms with Crippen molar-refractivity contribution in [3.05, 3.63) is 10.8 Å². The minimum absolute atomic E-state index is 0.0555. The number of nitrogens with one attached hydrogen (secondary N) is 2. The van der Waals surface area contributed by atoms with Crippen molar-refractivity contribution < 1.29 is 8.42 Å². The van der Waals surface area contributed by atoms with Crippen LogP contribution in [-0.4, -0.2) is 43.0 Å². The van der Waals surface area contributed by atoms with Gasteiger partial charge in [0.15, 0.2) is 0 Å². The van der Waals surface area contributed by atoms with Crippen molar-refractivity contribution in [3.8, 4) is 0 Å². The van der Waals surface area contributed by atoms with E-state index in [9.17, 15) is 8.42 Å². The van der Waals surface area contributed by atoms with Gasteiger partial charge in [-0.1, -0.05) is 0 Å². The molecule has 1 heterocycles. The van der Waals surface area contributed by atoms with E-state index in [0.717, 1.165) is 6.54 Å². The molecule has 0 saturated heterocycles. The zero-order chi connectivity index (χ0) is 13.8. The highest BCUT2D eigenvalue weighted by atomic mass is 79.9. The molecule has 0 bridgehead atoms. The summed E-state index contributed by atoms with van der Waals surface area (Å²) in [6.45, 7) is 4.50. The van der Waals surface area contributed by atoms with Gasteiger partial charge in [0.2, 0.25) is 0 Å². The molecular formula is C10H17BrN4O2S. The van der Waals surface area contributed by atoms with Crippen molar-refractivity contribution in [3.63, 3.8) is 0 Å². The van der Waals surface area contributed by atoms with Gasteiger partial charge in [-0.2, -0.15) is 0 Å². The Labute approximate surface area is 116 Å². The number of anilines is 2. The molecular weight excluding hydrogens is 320 g/mol. The maximum atomic E-state index is 11.2. The summed E-state index contributed by atoms with van der Waals surface area (Å²) in [4.78, 5) is 8.17. The molecule has 0 amide bonds. The van der Waals surface area contributed by atoms with Crippen LogP contribution in [0.2, 0.25) is 0 Å². The van der Waals surface area contributed by atoms with Crippen molar-refractivity contribution >= 4 is 37.4 Å². The molecule has 0 aliphatic carbocycles. The molecule has 1 rings (SSSR count). The molecule has 1 unspecified atom stereocenters. The average molecular weight is 337 g/mol. The summed E-state index contributed by atoms with van der Waals surface area (Å²) < 4.78 is 23.1. The number of hydrogen-bond acceptors (Lipinski definition) is 6.